The van der Waals surface area contributed by atoms with Crippen molar-refractivity contribution in [2.75, 3.05) is 13.7 Å². The van der Waals surface area contributed by atoms with E-state index in [0.29, 0.717) is 31.5 Å². The predicted molar refractivity (Wildman–Crippen MR) is 115 cm³/mol. The lowest BCUT2D eigenvalue weighted by Gasteiger charge is -2.13. The molecule has 0 aliphatic heterocycles. The zero-order valence-corrected chi connectivity index (χ0v) is 17.8. The summed E-state index contributed by atoms with van der Waals surface area (Å²) >= 11 is 0. The van der Waals surface area contributed by atoms with Crippen LogP contribution in [0, 0.1) is 0 Å². The van der Waals surface area contributed by atoms with Crippen LogP contribution >= 0.6 is 24.0 Å². The van der Waals surface area contributed by atoms with Crippen molar-refractivity contribution < 1.29 is 4.74 Å². The number of nitrogens with zero attached hydrogens (tertiary/aromatic N) is 5. The van der Waals surface area contributed by atoms with Gasteiger partial charge in [0.1, 0.15) is 0 Å². The molecule has 8 nitrogen and oxygen atoms in total. The van der Waals surface area contributed by atoms with Crippen LogP contribution < -0.4 is 15.4 Å². The van der Waals surface area contributed by atoms with E-state index in [1.165, 1.54) is 0 Å². The van der Waals surface area contributed by atoms with Gasteiger partial charge >= 0.3 is 0 Å². The Morgan fingerprint density at radius 3 is 2.81 bits per heavy atom. The van der Waals surface area contributed by atoms with Gasteiger partial charge in [0.2, 0.25) is 5.88 Å². The number of ether oxygens (including phenoxy) is 1. The average molecular weight is 481 g/mol. The molecule has 0 unspecified atom stereocenters. The molecule has 0 aromatic carbocycles. The van der Waals surface area contributed by atoms with Crippen LogP contribution in [0.15, 0.2) is 47.7 Å². The van der Waals surface area contributed by atoms with Gasteiger partial charge in [-0.2, -0.15) is 0 Å². The summed E-state index contributed by atoms with van der Waals surface area (Å²) in [7, 11) is 1.73. The summed E-state index contributed by atoms with van der Waals surface area (Å²) in [6, 6.07) is 9.70. The third kappa shape index (κ3) is 5.52. The molecule has 9 heteroatoms. The summed E-state index contributed by atoms with van der Waals surface area (Å²) in [5.74, 6) is 2.14. The van der Waals surface area contributed by atoms with E-state index in [1.54, 1.807) is 13.2 Å². The maximum Gasteiger partial charge on any atom is 0.218 e. The van der Waals surface area contributed by atoms with Gasteiger partial charge in [0.25, 0.3) is 0 Å². The highest BCUT2D eigenvalue weighted by molar-refractivity contribution is 14.0. The van der Waals surface area contributed by atoms with E-state index in [2.05, 4.69) is 37.7 Å². The zero-order chi connectivity index (χ0) is 18.2. The summed E-state index contributed by atoms with van der Waals surface area (Å²) in [4.78, 5) is 8.55. The second kappa shape index (κ2) is 10.7. The molecule has 3 aromatic rings. The van der Waals surface area contributed by atoms with Crippen LogP contribution in [0.2, 0.25) is 0 Å². The molecule has 0 saturated heterocycles. The Morgan fingerprint density at radius 1 is 1.15 bits per heavy atom. The van der Waals surface area contributed by atoms with Gasteiger partial charge in [0.15, 0.2) is 17.4 Å². The molecule has 0 bridgehead atoms. The third-order valence-corrected chi connectivity index (χ3v) is 3.76. The second-order valence-corrected chi connectivity index (χ2v) is 5.64. The highest BCUT2D eigenvalue weighted by Crippen LogP contribution is 2.14. The van der Waals surface area contributed by atoms with Gasteiger partial charge in [-0.25, -0.2) is 4.98 Å². The molecular weight excluding hydrogens is 457 g/mol. The maximum absolute atomic E-state index is 5.69. The van der Waals surface area contributed by atoms with Crippen molar-refractivity contribution >= 4 is 35.6 Å². The summed E-state index contributed by atoms with van der Waals surface area (Å²) in [6.07, 6.45) is 4.62. The predicted octanol–water partition coefficient (Wildman–Crippen LogP) is 2.40. The van der Waals surface area contributed by atoms with Crippen LogP contribution in [-0.4, -0.2) is 39.2 Å². The van der Waals surface area contributed by atoms with Crippen molar-refractivity contribution in [3.05, 3.63) is 54.1 Å². The molecule has 0 spiro atoms. The summed E-state index contributed by atoms with van der Waals surface area (Å²) in [5.41, 5.74) is 1.80. The lowest BCUT2D eigenvalue weighted by molar-refractivity contribution is 0.301. The number of hydrogen-bond acceptors (Lipinski definition) is 5. The van der Waals surface area contributed by atoms with E-state index in [-0.39, 0.29) is 24.0 Å². The van der Waals surface area contributed by atoms with E-state index in [4.69, 9.17) is 4.74 Å². The van der Waals surface area contributed by atoms with Crippen molar-refractivity contribution in [3.8, 4) is 5.88 Å². The fourth-order valence-electron chi connectivity index (χ4n) is 2.46. The van der Waals surface area contributed by atoms with E-state index in [1.807, 2.05) is 40.9 Å². The molecule has 27 heavy (non-hydrogen) atoms. The SMILES string of the molecule is CCCOc1ncccc1CNC(=NC)NCc1nnc2ccccn12.I. The number of pyridine rings is 2. The van der Waals surface area contributed by atoms with Crippen molar-refractivity contribution in [1.82, 2.24) is 30.2 Å². The first-order chi connectivity index (χ1) is 12.8. The Labute approximate surface area is 175 Å². The number of rotatable bonds is 7. The third-order valence-electron chi connectivity index (χ3n) is 3.76. The van der Waals surface area contributed by atoms with E-state index < -0.39 is 0 Å². The van der Waals surface area contributed by atoms with Gasteiger partial charge < -0.3 is 15.4 Å². The summed E-state index contributed by atoms with van der Waals surface area (Å²) in [6.45, 7) is 3.79. The highest BCUT2D eigenvalue weighted by atomic mass is 127. The fraction of sp³-hybridized carbons (Fsp3) is 0.333. The Kier molecular flexibility index (Phi) is 8.24. The molecule has 0 amide bonds. The van der Waals surface area contributed by atoms with Crippen LogP contribution in [0.25, 0.3) is 5.65 Å². The smallest absolute Gasteiger partial charge is 0.218 e. The molecular formula is C18H24IN7O. The molecule has 2 N–H and O–H groups in total. The summed E-state index contributed by atoms with van der Waals surface area (Å²) < 4.78 is 7.63. The lowest BCUT2D eigenvalue weighted by Crippen LogP contribution is -2.36. The number of guanidine groups is 1. The minimum Gasteiger partial charge on any atom is -0.477 e. The van der Waals surface area contributed by atoms with Crippen LogP contribution in [0.3, 0.4) is 0 Å². The largest absolute Gasteiger partial charge is 0.477 e. The number of aliphatic imine (C=N–C) groups is 1. The number of halogens is 1. The Morgan fingerprint density at radius 2 is 2.00 bits per heavy atom. The van der Waals surface area contributed by atoms with Crippen LogP contribution in [-0.2, 0) is 13.1 Å². The van der Waals surface area contributed by atoms with Gasteiger partial charge in [0.05, 0.1) is 13.2 Å². The molecule has 3 rings (SSSR count). The number of aromatic nitrogens is 4. The molecule has 0 fully saturated rings. The fourth-order valence-corrected chi connectivity index (χ4v) is 2.46. The van der Waals surface area contributed by atoms with E-state index >= 15 is 0 Å². The molecule has 0 atom stereocenters. The first-order valence-electron chi connectivity index (χ1n) is 8.61. The Hall–Kier alpha value is -2.43. The van der Waals surface area contributed by atoms with Crippen molar-refractivity contribution in [3.63, 3.8) is 0 Å². The van der Waals surface area contributed by atoms with Crippen molar-refractivity contribution in [2.24, 2.45) is 4.99 Å². The maximum atomic E-state index is 5.69. The number of nitrogens with one attached hydrogen (secondary N) is 2. The highest BCUT2D eigenvalue weighted by Gasteiger charge is 2.08. The minimum absolute atomic E-state index is 0. The van der Waals surface area contributed by atoms with Gasteiger partial charge in [-0.3, -0.25) is 9.39 Å². The van der Waals surface area contributed by atoms with E-state index in [9.17, 15) is 0 Å². The molecule has 0 saturated carbocycles. The Balaban J connectivity index is 0.00000261. The van der Waals surface area contributed by atoms with Gasteiger partial charge in [0, 0.05) is 31.5 Å². The van der Waals surface area contributed by atoms with Crippen molar-refractivity contribution in [2.45, 2.75) is 26.4 Å². The van der Waals surface area contributed by atoms with Gasteiger partial charge in [-0.15, -0.1) is 34.2 Å². The van der Waals surface area contributed by atoms with Gasteiger partial charge in [-0.05, 0) is 24.6 Å². The molecule has 144 valence electrons. The van der Waals surface area contributed by atoms with E-state index in [0.717, 1.165) is 23.5 Å². The molecule has 0 radical (unpaired) electrons. The van der Waals surface area contributed by atoms with Crippen LogP contribution in [0.5, 0.6) is 5.88 Å². The van der Waals surface area contributed by atoms with Crippen LogP contribution in [0.1, 0.15) is 24.7 Å². The first kappa shape index (κ1) is 20.9. The lowest BCUT2D eigenvalue weighted by atomic mass is 10.2. The number of fused-ring (bicyclic) bond motifs is 1. The molecule has 0 aliphatic rings. The van der Waals surface area contributed by atoms with Gasteiger partial charge in [-0.1, -0.05) is 19.1 Å². The monoisotopic (exact) mass is 481 g/mol. The minimum atomic E-state index is 0. The van der Waals surface area contributed by atoms with Crippen LogP contribution in [0.4, 0.5) is 0 Å². The first-order valence-corrected chi connectivity index (χ1v) is 8.61. The molecule has 0 aliphatic carbocycles. The van der Waals surface area contributed by atoms with Crippen molar-refractivity contribution in [1.29, 1.82) is 0 Å². The second-order valence-electron chi connectivity index (χ2n) is 5.64. The normalized spacial score (nSPS) is 11.1. The number of hydrogen-bond donors (Lipinski definition) is 2. The Bertz CT molecular complexity index is 881. The average Bonchev–Trinajstić information content (AvgIpc) is 3.10. The molecule has 3 aromatic heterocycles. The summed E-state index contributed by atoms with van der Waals surface area (Å²) in [5, 5.41) is 14.9. The zero-order valence-electron chi connectivity index (χ0n) is 15.4. The quantitative estimate of drug-likeness (QED) is 0.306. The molecule has 3 heterocycles. The standard InChI is InChI=1S/C18H23N7O.HI/c1-3-11-26-17-14(7-6-9-20-17)12-21-18(19-2)22-13-16-24-23-15-8-4-5-10-25(15)16;/h4-10H,3,11-13H2,1-2H3,(H2,19,21,22);1H. The topological polar surface area (TPSA) is 88.7 Å².